The van der Waals surface area contributed by atoms with Crippen molar-refractivity contribution < 1.29 is 5.11 Å². The summed E-state index contributed by atoms with van der Waals surface area (Å²) >= 11 is 0. The van der Waals surface area contributed by atoms with Crippen LogP contribution in [0.3, 0.4) is 0 Å². The fraction of sp³-hybridized carbons (Fsp3) is 1.00. The van der Waals surface area contributed by atoms with Gasteiger partial charge in [0, 0.05) is 19.7 Å². The van der Waals surface area contributed by atoms with Crippen LogP contribution in [0.15, 0.2) is 0 Å². The maximum absolute atomic E-state index is 7.00. The Labute approximate surface area is 70.2 Å². The molecule has 68 valence electrons. The first-order valence-electron chi connectivity index (χ1n) is 4.39. The Hall–Kier alpha value is -0.0800. The molecule has 1 aliphatic rings. The minimum atomic E-state index is 0.759. The molecule has 0 aromatic carbocycles. The molecule has 0 aromatic heterocycles. The highest BCUT2D eigenvalue weighted by Crippen LogP contribution is 2.16. The van der Waals surface area contributed by atoms with Crippen LogP contribution in [0, 0.1) is 5.92 Å². The van der Waals surface area contributed by atoms with Crippen LogP contribution in [0.4, 0.5) is 0 Å². The molecular formula is C9H21NO. The van der Waals surface area contributed by atoms with Gasteiger partial charge in [-0.25, -0.2) is 0 Å². The Morgan fingerprint density at radius 2 is 1.91 bits per heavy atom. The normalized spacial score (nSPS) is 25.1. The lowest BCUT2D eigenvalue weighted by Crippen LogP contribution is -2.27. The average Bonchev–Trinajstić information content (AvgIpc) is 2.40. The maximum atomic E-state index is 7.00. The SMILES string of the molecule is CC1CCN(C(C)C)C1.CO. The molecule has 1 aliphatic heterocycles. The number of aliphatic hydroxyl groups excluding tert-OH is 1. The minimum absolute atomic E-state index is 0.759. The quantitative estimate of drug-likeness (QED) is 0.624. The monoisotopic (exact) mass is 159 g/mol. The summed E-state index contributed by atoms with van der Waals surface area (Å²) in [5.74, 6) is 0.937. The summed E-state index contributed by atoms with van der Waals surface area (Å²) in [5.41, 5.74) is 0. The van der Waals surface area contributed by atoms with Crippen LogP contribution in [0.25, 0.3) is 0 Å². The van der Waals surface area contributed by atoms with E-state index in [1.54, 1.807) is 0 Å². The van der Waals surface area contributed by atoms with Gasteiger partial charge in [0.05, 0.1) is 0 Å². The number of nitrogens with zero attached hydrogens (tertiary/aromatic N) is 1. The highest BCUT2D eigenvalue weighted by Gasteiger charge is 2.19. The summed E-state index contributed by atoms with van der Waals surface area (Å²) in [6.45, 7) is 9.52. The van der Waals surface area contributed by atoms with Crippen LogP contribution in [0.2, 0.25) is 0 Å². The molecular weight excluding hydrogens is 138 g/mol. The third-order valence-corrected chi connectivity index (χ3v) is 2.19. The molecule has 1 unspecified atom stereocenters. The summed E-state index contributed by atoms with van der Waals surface area (Å²) in [6, 6.07) is 0.759. The first-order valence-corrected chi connectivity index (χ1v) is 4.39. The fourth-order valence-corrected chi connectivity index (χ4v) is 1.44. The molecule has 0 bridgehead atoms. The third-order valence-electron chi connectivity index (χ3n) is 2.19. The van der Waals surface area contributed by atoms with E-state index in [0.29, 0.717) is 0 Å². The summed E-state index contributed by atoms with van der Waals surface area (Å²) in [7, 11) is 1.00. The second-order valence-electron chi connectivity index (χ2n) is 3.48. The lowest BCUT2D eigenvalue weighted by Gasteiger charge is -2.19. The molecule has 0 saturated carbocycles. The summed E-state index contributed by atoms with van der Waals surface area (Å²) < 4.78 is 0. The Kier molecular flexibility index (Phi) is 5.51. The van der Waals surface area contributed by atoms with E-state index in [9.17, 15) is 0 Å². The molecule has 1 heterocycles. The molecule has 1 fully saturated rings. The summed E-state index contributed by atoms with van der Waals surface area (Å²) in [5, 5.41) is 7.00. The van der Waals surface area contributed by atoms with Gasteiger partial charge < -0.3 is 10.0 Å². The van der Waals surface area contributed by atoms with Crippen LogP contribution in [0.1, 0.15) is 27.2 Å². The van der Waals surface area contributed by atoms with Crippen molar-refractivity contribution in [1.29, 1.82) is 0 Å². The largest absolute Gasteiger partial charge is 0.400 e. The first-order chi connectivity index (χ1) is 5.20. The van der Waals surface area contributed by atoms with Crippen LogP contribution in [0.5, 0.6) is 0 Å². The molecule has 0 aliphatic carbocycles. The van der Waals surface area contributed by atoms with Gasteiger partial charge in [0.1, 0.15) is 0 Å². The van der Waals surface area contributed by atoms with Gasteiger partial charge in [-0.15, -0.1) is 0 Å². The molecule has 1 atom stereocenters. The Bertz CT molecular complexity index is 93.6. The van der Waals surface area contributed by atoms with Crippen molar-refractivity contribution in [3.8, 4) is 0 Å². The molecule has 0 amide bonds. The molecule has 0 aromatic rings. The van der Waals surface area contributed by atoms with Gasteiger partial charge in [-0.3, -0.25) is 0 Å². The molecule has 1 N–H and O–H groups in total. The number of rotatable bonds is 1. The van der Waals surface area contributed by atoms with Gasteiger partial charge in [0.2, 0.25) is 0 Å². The first kappa shape index (κ1) is 10.9. The molecule has 2 nitrogen and oxygen atoms in total. The van der Waals surface area contributed by atoms with Gasteiger partial charge >= 0.3 is 0 Å². The van der Waals surface area contributed by atoms with Crippen molar-refractivity contribution in [2.45, 2.75) is 33.2 Å². The Morgan fingerprint density at radius 3 is 2.09 bits per heavy atom. The van der Waals surface area contributed by atoms with Crippen molar-refractivity contribution in [3.05, 3.63) is 0 Å². The summed E-state index contributed by atoms with van der Waals surface area (Å²) in [4.78, 5) is 2.55. The Balaban J connectivity index is 0.000000461. The van der Waals surface area contributed by atoms with E-state index in [-0.39, 0.29) is 0 Å². The Morgan fingerprint density at radius 1 is 1.36 bits per heavy atom. The molecule has 11 heavy (non-hydrogen) atoms. The van der Waals surface area contributed by atoms with E-state index in [1.807, 2.05) is 0 Å². The van der Waals surface area contributed by atoms with Gasteiger partial charge in [-0.2, -0.15) is 0 Å². The van der Waals surface area contributed by atoms with Crippen molar-refractivity contribution in [2.24, 2.45) is 5.92 Å². The van der Waals surface area contributed by atoms with E-state index in [4.69, 9.17) is 5.11 Å². The van der Waals surface area contributed by atoms with Crippen molar-refractivity contribution in [1.82, 2.24) is 4.90 Å². The fourth-order valence-electron chi connectivity index (χ4n) is 1.44. The van der Waals surface area contributed by atoms with Gasteiger partial charge in [0.25, 0.3) is 0 Å². The molecule has 1 rings (SSSR count). The highest BCUT2D eigenvalue weighted by molar-refractivity contribution is 4.74. The zero-order chi connectivity index (χ0) is 8.85. The van der Waals surface area contributed by atoms with Gasteiger partial charge in [-0.05, 0) is 32.7 Å². The van der Waals surface area contributed by atoms with Gasteiger partial charge in [0.15, 0.2) is 0 Å². The van der Waals surface area contributed by atoms with Crippen molar-refractivity contribution >= 4 is 0 Å². The molecule has 2 heteroatoms. The number of aliphatic hydroxyl groups is 1. The second-order valence-corrected chi connectivity index (χ2v) is 3.48. The molecule has 0 radical (unpaired) electrons. The topological polar surface area (TPSA) is 23.5 Å². The zero-order valence-corrected chi connectivity index (χ0v) is 8.17. The van der Waals surface area contributed by atoms with Crippen LogP contribution < -0.4 is 0 Å². The van der Waals surface area contributed by atoms with E-state index < -0.39 is 0 Å². The van der Waals surface area contributed by atoms with Crippen LogP contribution >= 0.6 is 0 Å². The van der Waals surface area contributed by atoms with E-state index in [2.05, 4.69) is 25.7 Å². The second kappa shape index (κ2) is 5.56. The smallest absolute Gasteiger partial charge is 0.0319 e. The number of hydrogen-bond donors (Lipinski definition) is 1. The van der Waals surface area contributed by atoms with Crippen molar-refractivity contribution in [2.75, 3.05) is 20.2 Å². The van der Waals surface area contributed by atoms with Crippen LogP contribution in [-0.4, -0.2) is 36.2 Å². The molecule has 0 spiro atoms. The van der Waals surface area contributed by atoms with Gasteiger partial charge in [-0.1, -0.05) is 6.92 Å². The highest BCUT2D eigenvalue weighted by atomic mass is 16.2. The number of hydrogen-bond acceptors (Lipinski definition) is 2. The standard InChI is InChI=1S/C8H17N.CH4O/c1-7(2)9-5-4-8(3)6-9;1-2/h7-8H,4-6H2,1-3H3;2H,1H3. The lowest BCUT2D eigenvalue weighted by atomic mass is 10.2. The predicted octanol–water partition coefficient (Wildman–Crippen LogP) is 1.35. The number of likely N-dealkylation sites (tertiary alicyclic amines) is 1. The zero-order valence-electron chi connectivity index (χ0n) is 8.17. The predicted molar refractivity (Wildman–Crippen MR) is 48.6 cm³/mol. The van der Waals surface area contributed by atoms with E-state index in [0.717, 1.165) is 19.1 Å². The maximum Gasteiger partial charge on any atom is 0.0319 e. The minimum Gasteiger partial charge on any atom is -0.400 e. The average molecular weight is 159 g/mol. The third kappa shape index (κ3) is 3.73. The van der Waals surface area contributed by atoms with Crippen LogP contribution in [-0.2, 0) is 0 Å². The van der Waals surface area contributed by atoms with E-state index in [1.165, 1.54) is 19.5 Å². The molecule has 1 saturated heterocycles. The summed E-state index contributed by atoms with van der Waals surface area (Å²) in [6.07, 6.45) is 1.40. The van der Waals surface area contributed by atoms with Crippen molar-refractivity contribution in [3.63, 3.8) is 0 Å². The van der Waals surface area contributed by atoms with E-state index >= 15 is 0 Å². The lowest BCUT2D eigenvalue weighted by molar-refractivity contribution is 0.267.